The zero-order valence-corrected chi connectivity index (χ0v) is 23.0. The van der Waals surface area contributed by atoms with Crippen LogP contribution in [0.2, 0.25) is 0 Å². The summed E-state index contributed by atoms with van der Waals surface area (Å²) in [7, 11) is 1.46. The summed E-state index contributed by atoms with van der Waals surface area (Å²) in [6.45, 7) is 0.307. The smallest absolute Gasteiger partial charge is 0.358 e. The van der Waals surface area contributed by atoms with E-state index >= 15 is 0 Å². The number of methoxy groups -OCH3 is 1. The van der Waals surface area contributed by atoms with Crippen molar-refractivity contribution < 1.29 is 38.2 Å². The predicted molar refractivity (Wildman–Crippen MR) is 146 cm³/mol. The Morgan fingerprint density at radius 3 is 2.57 bits per heavy atom. The van der Waals surface area contributed by atoms with Gasteiger partial charge in [0.15, 0.2) is 0 Å². The topological polar surface area (TPSA) is 159 Å². The number of hydrazine groups is 2. The van der Waals surface area contributed by atoms with Crippen molar-refractivity contribution in [2.24, 2.45) is 0 Å². The van der Waals surface area contributed by atoms with E-state index in [1.54, 1.807) is 24.3 Å². The number of esters is 1. The summed E-state index contributed by atoms with van der Waals surface area (Å²) in [6, 6.07) is 12.7. The molecule has 0 radical (unpaired) electrons. The summed E-state index contributed by atoms with van der Waals surface area (Å²) in [4.78, 5) is 65.1. The first-order valence-corrected chi connectivity index (χ1v) is 13.6. The van der Waals surface area contributed by atoms with E-state index in [1.807, 2.05) is 30.3 Å². The molecule has 3 heterocycles. The lowest BCUT2D eigenvalue weighted by Gasteiger charge is -2.43. The fourth-order valence-corrected chi connectivity index (χ4v) is 5.07. The summed E-state index contributed by atoms with van der Waals surface area (Å²) in [6.07, 6.45) is -0.445. The molecule has 6 amide bonds. The second kappa shape index (κ2) is 12.8. The maximum absolute atomic E-state index is 13.7. The Kier molecular flexibility index (Phi) is 8.71. The molecule has 0 spiro atoms. The summed E-state index contributed by atoms with van der Waals surface area (Å²) >= 11 is 0. The number of fused-ring (bicyclic) bond motifs is 1. The van der Waals surface area contributed by atoms with Gasteiger partial charge in [-0.1, -0.05) is 42.5 Å². The van der Waals surface area contributed by atoms with E-state index < -0.39 is 42.3 Å². The van der Waals surface area contributed by atoms with Gasteiger partial charge < -0.3 is 24.8 Å². The maximum Gasteiger partial charge on any atom is 0.358 e. The number of hydrogen-bond acceptors (Lipinski definition) is 8. The molecule has 5 rings (SSSR count). The maximum atomic E-state index is 13.7. The molecule has 1 unspecified atom stereocenters. The van der Waals surface area contributed by atoms with E-state index in [1.165, 1.54) is 12.1 Å². The monoisotopic (exact) mass is 580 g/mol. The first-order valence-electron chi connectivity index (χ1n) is 13.6. The normalized spacial score (nSPS) is 22.2. The first-order chi connectivity index (χ1) is 20.3. The Hall–Kier alpha value is -4.85. The molecule has 2 aromatic carbocycles. The molecule has 42 heavy (non-hydrogen) atoms. The highest BCUT2D eigenvalue weighted by Crippen LogP contribution is 2.26. The Morgan fingerprint density at radius 1 is 1.02 bits per heavy atom. The van der Waals surface area contributed by atoms with Crippen LogP contribution >= 0.6 is 0 Å². The van der Waals surface area contributed by atoms with Gasteiger partial charge in [0.2, 0.25) is 18.1 Å². The van der Waals surface area contributed by atoms with Crippen LogP contribution < -0.4 is 20.8 Å². The van der Waals surface area contributed by atoms with Crippen LogP contribution in [-0.2, 0) is 30.5 Å². The van der Waals surface area contributed by atoms with Crippen LogP contribution in [0.25, 0.3) is 0 Å². The van der Waals surface area contributed by atoms with Gasteiger partial charge in [0.05, 0.1) is 32.4 Å². The number of cyclic esters (lactones) is 1. The van der Waals surface area contributed by atoms with Crippen molar-refractivity contribution in [3.8, 4) is 5.75 Å². The van der Waals surface area contributed by atoms with E-state index in [9.17, 15) is 24.0 Å². The van der Waals surface area contributed by atoms with Crippen LogP contribution in [0.15, 0.2) is 54.6 Å². The van der Waals surface area contributed by atoms with Gasteiger partial charge in [0.25, 0.3) is 0 Å². The third kappa shape index (κ3) is 6.38. The highest BCUT2D eigenvalue weighted by atomic mass is 16.7. The minimum atomic E-state index is -1.07. The van der Waals surface area contributed by atoms with Gasteiger partial charge in [0.1, 0.15) is 17.8 Å². The van der Waals surface area contributed by atoms with E-state index in [0.29, 0.717) is 17.9 Å². The third-order valence-electron chi connectivity index (χ3n) is 7.11. The van der Waals surface area contributed by atoms with E-state index in [0.717, 1.165) is 15.6 Å². The van der Waals surface area contributed by atoms with Crippen LogP contribution in [0.1, 0.15) is 31.2 Å². The second-order valence-electron chi connectivity index (χ2n) is 9.94. The second-order valence-corrected chi connectivity index (χ2v) is 9.94. The van der Waals surface area contributed by atoms with Gasteiger partial charge in [-0.2, -0.15) is 0 Å². The molecule has 0 saturated carbocycles. The Labute approximate surface area is 241 Å². The van der Waals surface area contributed by atoms with Crippen LogP contribution in [0.5, 0.6) is 5.75 Å². The van der Waals surface area contributed by atoms with Crippen LogP contribution in [0.3, 0.4) is 0 Å². The lowest BCUT2D eigenvalue weighted by Crippen LogP contribution is -2.65. The Balaban J connectivity index is 1.27. The van der Waals surface area contributed by atoms with Crippen molar-refractivity contribution in [3.05, 3.63) is 60.2 Å². The van der Waals surface area contributed by atoms with E-state index in [2.05, 4.69) is 16.1 Å². The summed E-state index contributed by atoms with van der Waals surface area (Å²) < 4.78 is 16.3. The van der Waals surface area contributed by atoms with Crippen molar-refractivity contribution in [1.29, 1.82) is 0 Å². The number of benzene rings is 2. The molecular formula is C28H32N6O8. The standard InChI is InChI=1S/C28H32N6O8/c1-40-22-12-6-5-10-19(22)30-27(38)31-32-15-13-23(35)33-14-7-11-21(34(33)28(32)39)25(37)29-20-16-24(36)42-26(20)41-17-18-8-3-2-4-9-18/h2-6,8-10,12,20-21,26H,7,11,13-17H2,1H3,(H,29,37)(H2,30,31,38)/t20-,21-,26?/m0/s1. The average molecular weight is 581 g/mol. The third-order valence-corrected chi connectivity index (χ3v) is 7.11. The SMILES string of the molecule is COc1ccccc1NC(=O)NN1CCC(=O)N2CCC[C@@H](C(=O)N[C@H]3CC(=O)OC3OCc3ccccc3)N2C1=O. The number of para-hydroxylation sites is 2. The molecule has 3 N–H and O–H groups in total. The molecule has 0 aliphatic carbocycles. The first kappa shape index (κ1) is 28.7. The molecule has 2 aromatic rings. The fraction of sp³-hybridized carbons (Fsp3) is 0.393. The Morgan fingerprint density at radius 2 is 1.79 bits per heavy atom. The van der Waals surface area contributed by atoms with Crippen molar-refractivity contribution >= 4 is 35.5 Å². The molecule has 222 valence electrons. The molecule has 3 fully saturated rings. The number of carbonyl (C=O) groups excluding carboxylic acids is 5. The van der Waals surface area contributed by atoms with Crippen molar-refractivity contribution in [2.45, 2.75) is 50.7 Å². The highest BCUT2D eigenvalue weighted by molar-refractivity contribution is 5.94. The number of urea groups is 2. The van der Waals surface area contributed by atoms with Crippen molar-refractivity contribution in [1.82, 2.24) is 25.8 Å². The zero-order chi connectivity index (χ0) is 29.6. The van der Waals surface area contributed by atoms with Gasteiger partial charge in [-0.3, -0.25) is 14.4 Å². The lowest BCUT2D eigenvalue weighted by atomic mass is 10.1. The molecule has 3 atom stereocenters. The number of carbonyl (C=O) groups is 5. The van der Waals surface area contributed by atoms with Crippen LogP contribution in [0, 0.1) is 0 Å². The van der Waals surface area contributed by atoms with E-state index in [4.69, 9.17) is 14.2 Å². The van der Waals surface area contributed by atoms with Gasteiger partial charge in [-0.05, 0) is 30.5 Å². The summed E-state index contributed by atoms with van der Waals surface area (Å²) in [5, 5.41) is 8.73. The summed E-state index contributed by atoms with van der Waals surface area (Å²) in [5.41, 5.74) is 3.73. The minimum absolute atomic E-state index is 0.0636. The number of rotatable bonds is 8. The molecule has 0 aromatic heterocycles. The number of amides is 6. The molecule has 3 aliphatic heterocycles. The highest BCUT2D eigenvalue weighted by Gasteiger charge is 2.46. The van der Waals surface area contributed by atoms with Crippen molar-refractivity contribution in [2.75, 3.05) is 25.5 Å². The van der Waals surface area contributed by atoms with Gasteiger partial charge in [0, 0.05) is 13.0 Å². The number of ether oxygens (including phenoxy) is 3. The van der Waals surface area contributed by atoms with Gasteiger partial charge in [-0.25, -0.2) is 30.0 Å². The summed E-state index contributed by atoms with van der Waals surface area (Å²) in [5.74, 6) is -1.04. The lowest BCUT2D eigenvalue weighted by molar-refractivity contribution is -0.169. The molecule has 14 nitrogen and oxygen atoms in total. The van der Waals surface area contributed by atoms with Gasteiger partial charge >= 0.3 is 18.0 Å². The number of hydrogen-bond donors (Lipinski definition) is 3. The van der Waals surface area contributed by atoms with Crippen molar-refractivity contribution in [3.63, 3.8) is 0 Å². The van der Waals surface area contributed by atoms with E-state index in [-0.39, 0.29) is 44.9 Å². The number of anilines is 1. The quantitative estimate of drug-likeness (QED) is 0.398. The molecule has 14 heteroatoms. The average Bonchev–Trinajstić information content (AvgIpc) is 3.30. The number of nitrogens with one attached hydrogen (secondary N) is 3. The zero-order valence-electron chi connectivity index (χ0n) is 23.0. The van der Waals surface area contributed by atoms with Crippen LogP contribution in [0.4, 0.5) is 15.3 Å². The molecule has 3 saturated heterocycles. The van der Waals surface area contributed by atoms with Crippen LogP contribution in [-0.4, -0.2) is 83.4 Å². The number of nitrogens with zero attached hydrogens (tertiary/aromatic N) is 3. The minimum Gasteiger partial charge on any atom is -0.495 e. The largest absolute Gasteiger partial charge is 0.495 e. The fourth-order valence-electron chi connectivity index (χ4n) is 5.07. The predicted octanol–water partition coefficient (Wildman–Crippen LogP) is 1.74. The Bertz CT molecular complexity index is 1340. The molecule has 0 bridgehead atoms. The molecule has 3 aliphatic rings. The van der Waals surface area contributed by atoms with Gasteiger partial charge in [-0.15, -0.1) is 0 Å². The molecular weight excluding hydrogens is 548 g/mol.